The fourth-order valence-corrected chi connectivity index (χ4v) is 6.06. The highest BCUT2D eigenvalue weighted by Gasteiger charge is 2.53. The number of amides is 2. The normalized spacial score (nSPS) is 30.9. The summed E-state index contributed by atoms with van der Waals surface area (Å²) in [6, 6.07) is 1.91. The molecule has 0 N–H and O–H groups in total. The lowest BCUT2D eigenvalue weighted by Crippen LogP contribution is -2.56. The fraction of sp³-hybridized carbons (Fsp3) is 0.647. The molecule has 0 radical (unpaired) electrons. The predicted octanol–water partition coefficient (Wildman–Crippen LogP) is 1.85. The van der Waals surface area contributed by atoms with Crippen molar-refractivity contribution in [2.45, 2.75) is 37.2 Å². The molecule has 24 heavy (non-hydrogen) atoms. The Kier molecular flexibility index (Phi) is 4.34. The number of carbonyl (C=O) groups excluding carboxylic acids is 2. The van der Waals surface area contributed by atoms with Crippen molar-refractivity contribution in [1.82, 2.24) is 14.7 Å². The molecule has 0 unspecified atom stereocenters. The number of piperazine rings is 1. The molecule has 1 aromatic rings. The highest BCUT2D eigenvalue weighted by molar-refractivity contribution is 8.01. The quantitative estimate of drug-likeness (QED) is 0.820. The first-order valence-electron chi connectivity index (χ1n) is 8.55. The molecular weight excluding hydrogens is 342 g/mol. The second-order valence-electron chi connectivity index (χ2n) is 7.00. The number of hydrogen-bond acceptors (Lipinski definition) is 5. The largest absolute Gasteiger partial charge is 0.338 e. The van der Waals surface area contributed by atoms with Gasteiger partial charge in [-0.2, -0.15) is 11.3 Å². The first-order valence-corrected chi connectivity index (χ1v) is 10.5. The molecule has 3 saturated heterocycles. The van der Waals surface area contributed by atoms with E-state index >= 15 is 0 Å². The van der Waals surface area contributed by atoms with Crippen LogP contribution >= 0.6 is 23.1 Å². The average Bonchev–Trinajstić information content (AvgIpc) is 3.26. The molecule has 3 fully saturated rings. The van der Waals surface area contributed by atoms with Gasteiger partial charge in [-0.3, -0.25) is 14.5 Å². The van der Waals surface area contributed by atoms with Gasteiger partial charge in [0, 0.05) is 44.9 Å². The van der Waals surface area contributed by atoms with Gasteiger partial charge in [-0.05, 0) is 35.7 Å². The summed E-state index contributed by atoms with van der Waals surface area (Å²) in [5.74, 6) is 1.05. The van der Waals surface area contributed by atoms with Crippen molar-refractivity contribution in [1.29, 1.82) is 0 Å². The topological polar surface area (TPSA) is 43.9 Å². The maximum absolute atomic E-state index is 13.0. The van der Waals surface area contributed by atoms with Gasteiger partial charge in [-0.15, -0.1) is 11.8 Å². The van der Waals surface area contributed by atoms with E-state index in [9.17, 15) is 9.59 Å². The molecule has 0 saturated carbocycles. The number of thiophene rings is 1. The van der Waals surface area contributed by atoms with Crippen LogP contribution in [0.4, 0.5) is 0 Å². The second-order valence-corrected chi connectivity index (χ2v) is 9.28. The molecule has 3 aliphatic rings. The van der Waals surface area contributed by atoms with Crippen molar-refractivity contribution >= 4 is 34.9 Å². The van der Waals surface area contributed by atoms with Crippen molar-refractivity contribution in [2.75, 3.05) is 31.9 Å². The third-order valence-corrected chi connectivity index (χ3v) is 7.64. The van der Waals surface area contributed by atoms with Crippen LogP contribution in [-0.4, -0.2) is 69.4 Å². The number of carbonyl (C=O) groups is 2. The van der Waals surface area contributed by atoms with Gasteiger partial charge in [-0.1, -0.05) is 0 Å². The molecule has 1 aromatic heterocycles. The zero-order valence-electron chi connectivity index (χ0n) is 13.9. The lowest BCUT2D eigenvalue weighted by Gasteiger charge is -2.38. The lowest BCUT2D eigenvalue weighted by atomic mass is 10.2. The minimum Gasteiger partial charge on any atom is -0.338 e. The minimum atomic E-state index is -0.251. The highest BCUT2D eigenvalue weighted by atomic mass is 32.2. The number of rotatable bonds is 3. The Balaban J connectivity index is 1.36. The zero-order valence-corrected chi connectivity index (χ0v) is 15.6. The first-order chi connectivity index (χ1) is 11.6. The predicted molar refractivity (Wildman–Crippen MR) is 96.9 cm³/mol. The van der Waals surface area contributed by atoms with E-state index in [-0.39, 0.29) is 22.7 Å². The van der Waals surface area contributed by atoms with Gasteiger partial charge in [-0.25, -0.2) is 0 Å². The van der Waals surface area contributed by atoms with Crippen LogP contribution in [0.25, 0.3) is 0 Å². The van der Waals surface area contributed by atoms with E-state index in [4.69, 9.17) is 0 Å². The van der Waals surface area contributed by atoms with Crippen molar-refractivity contribution in [3.05, 3.63) is 22.4 Å². The Bertz CT molecular complexity index is 628. The third-order valence-electron chi connectivity index (χ3n) is 5.40. The van der Waals surface area contributed by atoms with Crippen LogP contribution in [0.5, 0.6) is 0 Å². The van der Waals surface area contributed by atoms with E-state index < -0.39 is 0 Å². The van der Waals surface area contributed by atoms with E-state index in [0.29, 0.717) is 6.42 Å². The summed E-state index contributed by atoms with van der Waals surface area (Å²) in [5, 5.41) is 4.30. The Morgan fingerprint density at radius 2 is 2.12 bits per heavy atom. The van der Waals surface area contributed by atoms with Crippen LogP contribution in [0.15, 0.2) is 16.8 Å². The molecular formula is C17H23N3O2S2. The summed E-state index contributed by atoms with van der Waals surface area (Å²) in [4.78, 5) is 31.3. The number of hydrogen-bond donors (Lipinski definition) is 0. The van der Waals surface area contributed by atoms with E-state index in [0.717, 1.165) is 44.9 Å². The van der Waals surface area contributed by atoms with E-state index in [2.05, 4.69) is 28.7 Å². The second kappa shape index (κ2) is 6.35. The third kappa shape index (κ3) is 2.86. The van der Waals surface area contributed by atoms with Crippen LogP contribution in [0.3, 0.4) is 0 Å². The molecule has 2 amide bonds. The molecule has 5 nitrogen and oxygen atoms in total. The van der Waals surface area contributed by atoms with Crippen LogP contribution < -0.4 is 0 Å². The highest BCUT2D eigenvalue weighted by Crippen LogP contribution is 2.47. The van der Waals surface area contributed by atoms with Crippen LogP contribution in [0, 0.1) is 0 Å². The molecule has 130 valence electrons. The van der Waals surface area contributed by atoms with Crippen molar-refractivity contribution in [3.63, 3.8) is 0 Å². The average molecular weight is 366 g/mol. The van der Waals surface area contributed by atoms with Gasteiger partial charge < -0.3 is 9.80 Å². The molecule has 4 rings (SSSR count). The molecule has 0 bridgehead atoms. The number of fused-ring (bicyclic) bond motifs is 1. The Hall–Kier alpha value is -1.05. The standard InChI is InChI=1S/C17H23N3O2S2/c1-17-4-2-15(21)20(17)14(12-24-17)16(22)19-7-5-18(6-8-19)10-13-3-9-23-11-13/h3,9,11,14H,2,4-8,10,12H2,1H3/t14-,17-/m0/s1. The van der Waals surface area contributed by atoms with E-state index in [1.807, 2.05) is 9.80 Å². The molecule has 0 spiro atoms. The van der Waals surface area contributed by atoms with Crippen molar-refractivity contribution in [2.24, 2.45) is 0 Å². The molecule has 2 atom stereocenters. The van der Waals surface area contributed by atoms with E-state index in [1.54, 1.807) is 23.1 Å². The molecule has 7 heteroatoms. The fourth-order valence-electron chi connectivity index (χ4n) is 3.98. The summed E-state index contributed by atoms with van der Waals surface area (Å²) in [5.41, 5.74) is 1.35. The van der Waals surface area contributed by atoms with Crippen LogP contribution in [0.2, 0.25) is 0 Å². The summed E-state index contributed by atoms with van der Waals surface area (Å²) in [7, 11) is 0. The first kappa shape index (κ1) is 16.4. The summed E-state index contributed by atoms with van der Waals surface area (Å²) in [6.45, 7) is 6.42. The monoisotopic (exact) mass is 365 g/mol. The Morgan fingerprint density at radius 1 is 1.33 bits per heavy atom. The van der Waals surface area contributed by atoms with Gasteiger partial charge in [0.1, 0.15) is 6.04 Å². The molecule has 0 aliphatic carbocycles. The maximum Gasteiger partial charge on any atom is 0.246 e. The lowest BCUT2D eigenvalue weighted by molar-refractivity contribution is -0.144. The molecule has 3 aliphatic heterocycles. The Morgan fingerprint density at radius 3 is 2.83 bits per heavy atom. The van der Waals surface area contributed by atoms with Gasteiger partial charge in [0.15, 0.2) is 0 Å². The Labute approximate surface area is 151 Å². The van der Waals surface area contributed by atoms with Crippen molar-refractivity contribution < 1.29 is 9.59 Å². The van der Waals surface area contributed by atoms with E-state index in [1.165, 1.54) is 5.56 Å². The van der Waals surface area contributed by atoms with Gasteiger partial charge >= 0.3 is 0 Å². The zero-order chi connectivity index (χ0) is 16.7. The van der Waals surface area contributed by atoms with Gasteiger partial charge in [0.25, 0.3) is 0 Å². The maximum atomic E-state index is 13.0. The SMILES string of the molecule is C[C@]12CCC(=O)N1[C@H](C(=O)N1CCN(Cc3ccsc3)CC1)CS2. The number of thioether (sulfide) groups is 1. The minimum absolute atomic E-state index is 0.150. The van der Waals surface area contributed by atoms with Crippen LogP contribution in [-0.2, 0) is 16.1 Å². The van der Waals surface area contributed by atoms with Gasteiger partial charge in [0.2, 0.25) is 11.8 Å². The summed E-state index contributed by atoms with van der Waals surface area (Å²) in [6.07, 6.45) is 1.45. The summed E-state index contributed by atoms with van der Waals surface area (Å²) >= 11 is 3.50. The van der Waals surface area contributed by atoms with Crippen LogP contribution in [0.1, 0.15) is 25.3 Å². The number of nitrogens with zero attached hydrogens (tertiary/aromatic N) is 3. The smallest absolute Gasteiger partial charge is 0.246 e. The van der Waals surface area contributed by atoms with Crippen molar-refractivity contribution in [3.8, 4) is 0 Å². The molecule has 4 heterocycles. The van der Waals surface area contributed by atoms with Gasteiger partial charge in [0.05, 0.1) is 4.87 Å². The summed E-state index contributed by atoms with van der Waals surface area (Å²) < 4.78 is 0. The molecule has 0 aromatic carbocycles.